The van der Waals surface area contributed by atoms with E-state index in [4.69, 9.17) is 0 Å². The molecule has 0 fully saturated rings. The van der Waals surface area contributed by atoms with Gasteiger partial charge in [0.2, 0.25) is 0 Å². The predicted molar refractivity (Wildman–Crippen MR) is 64.0 cm³/mol. The second-order valence-electron chi connectivity index (χ2n) is 4.98. The van der Waals surface area contributed by atoms with Gasteiger partial charge in [0.1, 0.15) is 0 Å². The molecule has 0 amide bonds. The number of benzene rings is 1. The second-order valence-corrected chi connectivity index (χ2v) is 4.98. The largest absolute Gasteiger partial charge is 1.00 e. The smallest absolute Gasteiger partial charge is 1.00 e. The number of carboxylic acid groups (broad SMARTS) is 2. The van der Waals surface area contributed by atoms with Gasteiger partial charge in [0, 0.05) is 0 Å². The third-order valence-electron chi connectivity index (χ3n) is 2.97. The van der Waals surface area contributed by atoms with E-state index in [0.29, 0.717) is 0 Å². The minimum Gasteiger partial charge on any atom is -1.00 e. The van der Waals surface area contributed by atoms with Gasteiger partial charge in [-0.3, -0.25) is 9.59 Å². The van der Waals surface area contributed by atoms with Crippen LogP contribution in [0, 0.1) is 5.41 Å². The molecule has 4 nitrogen and oxygen atoms in total. The molecule has 0 saturated heterocycles. The molecule has 0 saturated carbocycles. The van der Waals surface area contributed by atoms with Crippen LogP contribution in [0.2, 0.25) is 0 Å². The average molecular weight is 244 g/mol. The normalized spacial score (nSPS) is 11.5. The number of rotatable bonds is 3. The first-order valence-electron chi connectivity index (χ1n) is 5.27. The first-order valence-corrected chi connectivity index (χ1v) is 5.27. The first kappa shape index (κ1) is 16.8. The van der Waals surface area contributed by atoms with Gasteiger partial charge in [-0.15, -0.1) is 0 Å². The quantitative estimate of drug-likeness (QED) is 0.542. The molecular weight excluding hydrogens is 227 g/mol. The summed E-state index contributed by atoms with van der Waals surface area (Å²) in [6, 6.07) is 8.07. The molecule has 0 aliphatic rings. The topological polar surface area (TPSA) is 74.6 Å². The molecule has 0 spiro atoms. The molecular formula is C13H17LiO4. The Labute approximate surface area is 120 Å². The van der Waals surface area contributed by atoms with Crippen LogP contribution in [0.3, 0.4) is 0 Å². The van der Waals surface area contributed by atoms with Crippen LogP contribution >= 0.6 is 0 Å². The van der Waals surface area contributed by atoms with E-state index < -0.39 is 22.8 Å². The number of hydrogen-bond acceptors (Lipinski definition) is 2. The summed E-state index contributed by atoms with van der Waals surface area (Å²) >= 11 is 0. The fourth-order valence-electron chi connectivity index (χ4n) is 2.10. The number of carboxylic acids is 2. The molecule has 1 aromatic rings. The van der Waals surface area contributed by atoms with Crippen LogP contribution in [0.1, 0.15) is 27.8 Å². The van der Waals surface area contributed by atoms with Gasteiger partial charge in [0.15, 0.2) is 5.41 Å². The van der Waals surface area contributed by atoms with Gasteiger partial charge in [-0.25, -0.2) is 0 Å². The molecule has 0 atom stereocenters. The van der Waals surface area contributed by atoms with E-state index in [-0.39, 0.29) is 25.9 Å². The van der Waals surface area contributed by atoms with Crippen LogP contribution < -0.4 is 18.9 Å². The van der Waals surface area contributed by atoms with Gasteiger partial charge in [-0.05, 0) is 11.0 Å². The van der Waals surface area contributed by atoms with Crippen molar-refractivity contribution in [3.8, 4) is 0 Å². The molecule has 1 aromatic carbocycles. The van der Waals surface area contributed by atoms with E-state index >= 15 is 0 Å². The van der Waals surface area contributed by atoms with Crippen molar-refractivity contribution in [1.29, 1.82) is 0 Å². The molecule has 18 heavy (non-hydrogen) atoms. The van der Waals surface area contributed by atoms with Crippen LogP contribution in [0.25, 0.3) is 0 Å². The Morgan fingerprint density at radius 1 is 1.00 bits per heavy atom. The average Bonchev–Trinajstić information content (AvgIpc) is 2.16. The monoisotopic (exact) mass is 244 g/mol. The molecule has 2 N–H and O–H groups in total. The Morgan fingerprint density at radius 3 is 1.67 bits per heavy atom. The zero-order valence-electron chi connectivity index (χ0n) is 12.1. The molecule has 0 bridgehead atoms. The number of aliphatic carboxylic acids is 2. The minimum absolute atomic E-state index is 0. The Kier molecular flexibility index (Phi) is 5.21. The van der Waals surface area contributed by atoms with Gasteiger partial charge < -0.3 is 11.6 Å². The molecule has 0 heterocycles. The summed E-state index contributed by atoms with van der Waals surface area (Å²) in [6.07, 6.45) is 0. The van der Waals surface area contributed by atoms with E-state index in [9.17, 15) is 19.8 Å². The summed E-state index contributed by atoms with van der Waals surface area (Å²) in [4.78, 5) is 23.1. The maximum atomic E-state index is 11.5. The van der Waals surface area contributed by atoms with Crippen molar-refractivity contribution >= 4 is 11.9 Å². The van der Waals surface area contributed by atoms with E-state index in [1.54, 1.807) is 39.0 Å². The maximum absolute atomic E-state index is 11.5. The molecule has 94 valence electrons. The van der Waals surface area contributed by atoms with Crippen LogP contribution in [-0.4, -0.2) is 22.2 Å². The fraction of sp³-hybridized carbons (Fsp3) is 0.385. The molecule has 0 aliphatic heterocycles. The SMILES string of the molecule is CC(C)(C)C(C(=O)O)(C(=O)O)c1ccccc1.[H-].[Li+]. The zero-order chi connectivity index (χ0) is 13.3. The third-order valence-corrected chi connectivity index (χ3v) is 2.97. The molecule has 0 aliphatic carbocycles. The summed E-state index contributed by atoms with van der Waals surface area (Å²) < 4.78 is 0. The van der Waals surface area contributed by atoms with E-state index in [0.717, 1.165) is 0 Å². The first-order chi connectivity index (χ1) is 7.74. The van der Waals surface area contributed by atoms with Crippen LogP contribution in [-0.2, 0) is 15.0 Å². The van der Waals surface area contributed by atoms with Gasteiger partial charge >= 0.3 is 30.8 Å². The molecule has 0 aromatic heterocycles. The predicted octanol–water partition coefficient (Wildman–Crippen LogP) is -0.744. The third kappa shape index (κ3) is 2.45. The van der Waals surface area contributed by atoms with Crippen LogP contribution in [0.5, 0.6) is 0 Å². The van der Waals surface area contributed by atoms with Crippen LogP contribution in [0.4, 0.5) is 0 Å². The van der Waals surface area contributed by atoms with Crippen molar-refractivity contribution in [2.24, 2.45) is 5.41 Å². The van der Waals surface area contributed by atoms with Gasteiger partial charge in [-0.1, -0.05) is 51.1 Å². The molecule has 1 rings (SSSR count). The van der Waals surface area contributed by atoms with E-state index in [1.807, 2.05) is 0 Å². The standard InChI is InChI=1S/C13H16O4.Li.H/c1-12(2,3)13(10(14)15,11(16)17)9-7-5-4-6-8-9;;/h4-8H,1-3H3,(H,14,15)(H,16,17);;/q;+1;-1. The van der Waals surface area contributed by atoms with Crippen LogP contribution in [0.15, 0.2) is 30.3 Å². The van der Waals surface area contributed by atoms with E-state index in [1.165, 1.54) is 12.1 Å². The van der Waals surface area contributed by atoms with Gasteiger partial charge in [0.25, 0.3) is 0 Å². The maximum Gasteiger partial charge on any atom is 1.00 e. The van der Waals surface area contributed by atoms with Crippen molar-refractivity contribution < 1.29 is 40.1 Å². The summed E-state index contributed by atoms with van der Waals surface area (Å²) in [6.45, 7) is 4.84. The van der Waals surface area contributed by atoms with Crippen molar-refractivity contribution in [2.45, 2.75) is 26.2 Å². The molecule has 0 radical (unpaired) electrons. The summed E-state index contributed by atoms with van der Waals surface area (Å²) in [5.41, 5.74) is -2.59. The summed E-state index contributed by atoms with van der Waals surface area (Å²) in [7, 11) is 0. The van der Waals surface area contributed by atoms with Crippen molar-refractivity contribution in [3.05, 3.63) is 35.9 Å². The molecule has 5 heteroatoms. The Balaban J connectivity index is 0. The molecule has 0 unspecified atom stereocenters. The van der Waals surface area contributed by atoms with Gasteiger partial charge in [0.05, 0.1) is 0 Å². The minimum atomic E-state index is -1.94. The zero-order valence-corrected chi connectivity index (χ0v) is 11.1. The summed E-state index contributed by atoms with van der Waals surface area (Å²) in [5.74, 6) is -2.69. The fourth-order valence-corrected chi connectivity index (χ4v) is 2.10. The Bertz CT molecular complexity index is 426. The Hall–Kier alpha value is -1.24. The number of hydrogen-bond donors (Lipinski definition) is 2. The van der Waals surface area contributed by atoms with Gasteiger partial charge in [-0.2, -0.15) is 0 Å². The Morgan fingerprint density at radius 2 is 1.39 bits per heavy atom. The van der Waals surface area contributed by atoms with Crippen molar-refractivity contribution in [3.63, 3.8) is 0 Å². The second kappa shape index (κ2) is 5.60. The van der Waals surface area contributed by atoms with Crippen molar-refractivity contribution in [2.75, 3.05) is 0 Å². The van der Waals surface area contributed by atoms with E-state index in [2.05, 4.69) is 0 Å². The number of carbonyl (C=O) groups is 2. The summed E-state index contributed by atoms with van der Waals surface area (Å²) in [5, 5.41) is 18.8. The van der Waals surface area contributed by atoms with Crippen molar-refractivity contribution in [1.82, 2.24) is 0 Å².